The molecule has 0 aromatic rings. The highest BCUT2D eigenvalue weighted by Gasteiger charge is 2.33. The Hall–Kier alpha value is -2.27. The lowest BCUT2D eigenvalue weighted by molar-refractivity contribution is -0.120. The Morgan fingerprint density at radius 3 is 2.64 bits per heavy atom. The number of likely N-dealkylation sites (tertiary alicyclic amines) is 1. The predicted molar refractivity (Wildman–Crippen MR) is 115 cm³/mol. The Bertz CT molecular complexity index is 719. The molecule has 2 saturated heterocycles. The molecule has 5 nitrogen and oxygen atoms in total. The maximum Gasteiger partial charge on any atom is 0.188 e. The van der Waals surface area contributed by atoms with Gasteiger partial charge >= 0.3 is 0 Å². The Kier molecular flexibility index (Phi) is 7.15. The molecule has 1 unspecified atom stereocenters. The second-order valence-electron chi connectivity index (χ2n) is 7.88. The fraction of sp³-hybridized carbons (Fsp3) is 0.522. The highest BCUT2D eigenvalue weighted by Crippen LogP contribution is 2.31. The molecule has 2 fully saturated rings. The van der Waals surface area contributed by atoms with Crippen LogP contribution >= 0.6 is 0 Å². The van der Waals surface area contributed by atoms with Crippen LogP contribution in [0.15, 0.2) is 59.1 Å². The molecule has 0 amide bonds. The second kappa shape index (κ2) is 9.78. The van der Waals surface area contributed by atoms with Gasteiger partial charge in [0.05, 0.1) is 19.0 Å². The average molecular weight is 383 g/mol. The first-order valence-corrected chi connectivity index (χ1v) is 10.5. The van der Waals surface area contributed by atoms with E-state index in [4.69, 9.17) is 5.73 Å². The summed E-state index contributed by atoms with van der Waals surface area (Å²) in [6, 6.07) is 0. The Morgan fingerprint density at radius 1 is 1.25 bits per heavy atom. The van der Waals surface area contributed by atoms with Crippen LogP contribution in [0, 0.1) is 5.92 Å². The summed E-state index contributed by atoms with van der Waals surface area (Å²) in [5.74, 6) is 0.129. The molecule has 0 spiro atoms. The maximum atomic E-state index is 13.8. The Balaban J connectivity index is 1.90. The molecule has 1 atom stereocenters. The van der Waals surface area contributed by atoms with Crippen LogP contribution in [0.2, 0.25) is 0 Å². The minimum atomic E-state index is -0.122. The van der Waals surface area contributed by atoms with Crippen molar-refractivity contribution in [2.45, 2.75) is 46.0 Å². The molecule has 3 aliphatic rings. The number of hydrogen-bond donors (Lipinski definition) is 2. The van der Waals surface area contributed by atoms with Gasteiger partial charge in [-0.2, -0.15) is 0 Å². The van der Waals surface area contributed by atoms with Crippen LogP contribution in [0.3, 0.4) is 0 Å². The summed E-state index contributed by atoms with van der Waals surface area (Å²) >= 11 is 0. The summed E-state index contributed by atoms with van der Waals surface area (Å²) in [6.07, 6.45) is 17.2. The lowest BCUT2D eigenvalue weighted by atomic mass is 9.86. The molecule has 0 bridgehead atoms. The third-order valence-electron chi connectivity index (χ3n) is 5.80. The largest absolute Gasteiger partial charge is 0.402 e. The highest BCUT2D eigenvalue weighted by molar-refractivity contribution is 5.99. The van der Waals surface area contributed by atoms with Crippen molar-refractivity contribution in [3.8, 4) is 0 Å². The Labute approximate surface area is 169 Å². The molecule has 2 aliphatic heterocycles. The van der Waals surface area contributed by atoms with Crippen molar-refractivity contribution in [2.75, 3.05) is 26.4 Å². The van der Waals surface area contributed by atoms with Gasteiger partial charge in [0.1, 0.15) is 5.70 Å². The van der Waals surface area contributed by atoms with Gasteiger partial charge in [0.25, 0.3) is 0 Å². The van der Waals surface area contributed by atoms with E-state index >= 15 is 0 Å². The van der Waals surface area contributed by atoms with Crippen molar-refractivity contribution in [1.29, 1.82) is 0 Å². The molecule has 152 valence electrons. The van der Waals surface area contributed by atoms with E-state index in [1.165, 1.54) is 6.42 Å². The van der Waals surface area contributed by atoms with Crippen LogP contribution in [0.5, 0.6) is 0 Å². The number of rotatable bonds is 6. The number of ketones is 1. The van der Waals surface area contributed by atoms with Gasteiger partial charge in [-0.3, -0.25) is 10.1 Å². The van der Waals surface area contributed by atoms with E-state index in [-0.39, 0.29) is 11.7 Å². The van der Waals surface area contributed by atoms with Crippen molar-refractivity contribution in [1.82, 2.24) is 15.1 Å². The van der Waals surface area contributed by atoms with E-state index < -0.39 is 0 Å². The number of nitrogens with one attached hydrogen (secondary N) is 1. The summed E-state index contributed by atoms with van der Waals surface area (Å²) in [5.41, 5.74) is 10.1. The standard InChI is InChI=1S/C23H34N4O/c1-3-4-10-19(24)12-13-20-18(2)9-8-11-21(27-16-25-17-27)22(23(20)28)26-14-6-5-7-15-26/h3-4,8-11,20,25H,5-7,12-17,24H2,1-2H3/b4-3-,11-8+,18-9+,19-10-,22-21-. The van der Waals surface area contributed by atoms with E-state index in [0.717, 1.165) is 74.8 Å². The number of allylic oxidation sites excluding steroid dienone is 9. The molecule has 0 aromatic heterocycles. The third-order valence-corrected chi connectivity index (χ3v) is 5.80. The zero-order chi connectivity index (χ0) is 19.9. The monoisotopic (exact) mass is 382 g/mol. The lowest BCUT2D eigenvalue weighted by Crippen LogP contribution is -2.52. The summed E-state index contributed by atoms with van der Waals surface area (Å²) in [4.78, 5) is 18.4. The van der Waals surface area contributed by atoms with E-state index in [1.807, 2.05) is 25.2 Å². The van der Waals surface area contributed by atoms with Crippen LogP contribution in [0.1, 0.15) is 46.0 Å². The zero-order valence-electron chi connectivity index (χ0n) is 17.3. The fourth-order valence-corrected chi connectivity index (χ4v) is 4.04. The van der Waals surface area contributed by atoms with Crippen LogP contribution in [-0.4, -0.2) is 42.0 Å². The first-order valence-electron chi connectivity index (χ1n) is 10.5. The minimum absolute atomic E-state index is 0.122. The smallest absolute Gasteiger partial charge is 0.188 e. The first kappa shape index (κ1) is 20.5. The number of carbonyl (C=O) groups is 1. The maximum absolute atomic E-state index is 13.8. The van der Waals surface area contributed by atoms with E-state index in [9.17, 15) is 4.79 Å². The topological polar surface area (TPSA) is 61.6 Å². The van der Waals surface area contributed by atoms with Crippen molar-refractivity contribution in [3.05, 3.63) is 59.1 Å². The molecule has 28 heavy (non-hydrogen) atoms. The van der Waals surface area contributed by atoms with Crippen molar-refractivity contribution in [3.63, 3.8) is 0 Å². The number of piperidine rings is 1. The molecular formula is C23H34N4O. The third kappa shape index (κ3) is 4.76. The van der Waals surface area contributed by atoms with Crippen LogP contribution in [-0.2, 0) is 4.79 Å². The van der Waals surface area contributed by atoms with E-state index in [0.29, 0.717) is 0 Å². The molecule has 0 saturated carbocycles. The molecule has 3 N–H and O–H groups in total. The fourth-order valence-electron chi connectivity index (χ4n) is 4.04. The van der Waals surface area contributed by atoms with Crippen LogP contribution in [0.4, 0.5) is 0 Å². The summed E-state index contributed by atoms with van der Waals surface area (Å²) < 4.78 is 0. The predicted octanol–water partition coefficient (Wildman–Crippen LogP) is 3.40. The van der Waals surface area contributed by atoms with Gasteiger partial charge in [-0.05, 0) is 58.1 Å². The molecule has 2 heterocycles. The molecular weight excluding hydrogens is 348 g/mol. The van der Waals surface area contributed by atoms with Gasteiger partial charge in [-0.25, -0.2) is 0 Å². The van der Waals surface area contributed by atoms with Gasteiger partial charge in [-0.15, -0.1) is 0 Å². The highest BCUT2D eigenvalue weighted by atomic mass is 16.1. The SMILES string of the molecule is C/C=C\C=C(/N)CCC1C(=O)\C(N2CCCCC2)=C(N2CNC2)/C=C/C=C/1C. The lowest BCUT2D eigenvalue weighted by Gasteiger charge is -2.40. The van der Waals surface area contributed by atoms with Crippen molar-refractivity contribution >= 4 is 5.78 Å². The zero-order valence-corrected chi connectivity index (χ0v) is 17.3. The van der Waals surface area contributed by atoms with E-state index in [1.54, 1.807) is 0 Å². The van der Waals surface area contributed by atoms with Crippen molar-refractivity contribution < 1.29 is 4.79 Å². The molecule has 5 heteroatoms. The number of hydrogen-bond acceptors (Lipinski definition) is 5. The minimum Gasteiger partial charge on any atom is -0.402 e. The van der Waals surface area contributed by atoms with Crippen LogP contribution in [0.25, 0.3) is 0 Å². The molecule has 1 aliphatic carbocycles. The Morgan fingerprint density at radius 2 is 2.00 bits per heavy atom. The van der Waals surface area contributed by atoms with Gasteiger partial charge in [-0.1, -0.05) is 29.9 Å². The van der Waals surface area contributed by atoms with E-state index in [2.05, 4.69) is 40.3 Å². The number of carbonyl (C=O) groups excluding carboxylic acids is 1. The first-order chi connectivity index (χ1) is 13.6. The van der Waals surface area contributed by atoms with Gasteiger partial charge < -0.3 is 15.5 Å². The normalized spacial score (nSPS) is 29.9. The second-order valence-corrected chi connectivity index (χ2v) is 7.88. The van der Waals surface area contributed by atoms with Gasteiger partial charge in [0.15, 0.2) is 5.78 Å². The summed E-state index contributed by atoms with van der Waals surface area (Å²) in [5, 5.41) is 3.29. The molecule has 0 aromatic carbocycles. The molecule has 0 radical (unpaired) electrons. The number of nitrogens with zero attached hydrogens (tertiary/aromatic N) is 2. The summed E-state index contributed by atoms with van der Waals surface area (Å²) in [6.45, 7) is 7.59. The molecule has 3 rings (SSSR count). The van der Waals surface area contributed by atoms with Crippen molar-refractivity contribution in [2.24, 2.45) is 11.7 Å². The van der Waals surface area contributed by atoms with Gasteiger partial charge in [0.2, 0.25) is 0 Å². The van der Waals surface area contributed by atoms with Crippen LogP contribution < -0.4 is 11.1 Å². The van der Waals surface area contributed by atoms with Gasteiger partial charge in [0, 0.05) is 24.7 Å². The summed E-state index contributed by atoms with van der Waals surface area (Å²) in [7, 11) is 0. The quantitative estimate of drug-likeness (QED) is 0.690. The number of Topliss-reactive ketones (excluding diaryl/α,β-unsaturated/α-hetero) is 1. The number of nitrogens with two attached hydrogens (primary N) is 1. The average Bonchev–Trinajstić information content (AvgIpc) is 2.65.